The van der Waals surface area contributed by atoms with Crippen molar-refractivity contribution in [3.63, 3.8) is 0 Å². The normalized spacial score (nSPS) is 10.4. The van der Waals surface area contributed by atoms with Crippen molar-refractivity contribution in [2.75, 3.05) is 31.8 Å². The zero-order valence-electron chi connectivity index (χ0n) is 11.0. The van der Waals surface area contributed by atoms with Crippen LogP contribution in [0.2, 0.25) is 0 Å². The lowest BCUT2D eigenvalue weighted by Gasteiger charge is -2.22. The maximum absolute atomic E-state index is 12.0. The minimum atomic E-state index is -0.381. The van der Waals surface area contributed by atoms with E-state index in [1.54, 1.807) is 25.4 Å². The molecular weight excluding hydrogens is 232 g/mol. The first-order valence-electron chi connectivity index (χ1n) is 5.90. The lowest BCUT2D eigenvalue weighted by molar-refractivity contribution is 0.136. The second-order valence-corrected chi connectivity index (χ2v) is 4.26. The number of carbonyl (C=O) groups is 1. The summed E-state index contributed by atoms with van der Waals surface area (Å²) in [5.41, 5.74) is 0.680. The Morgan fingerprint density at radius 2 is 2.33 bits per heavy atom. The molecule has 1 aromatic rings. The smallest absolute Gasteiger partial charge is 0.414 e. The van der Waals surface area contributed by atoms with Crippen LogP contribution in [0.4, 0.5) is 10.5 Å². The largest absolute Gasteiger partial charge is 0.449 e. The van der Waals surface area contributed by atoms with Crippen molar-refractivity contribution in [2.45, 2.75) is 13.8 Å². The van der Waals surface area contributed by atoms with Crippen LogP contribution in [0.5, 0.6) is 0 Å². The summed E-state index contributed by atoms with van der Waals surface area (Å²) in [4.78, 5) is 17.3. The van der Waals surface area contributed by atoms with Crippen LogP contribution in [0.1, 0.15) is 13.8 Å². The number of hydrogen-bond acceptors (Lipinski definition) is 4. The molecule has 0 spiro atoms. The van der Waals surface area contributed by atoms with Gasteiger partial charge in [-0.3, -0.25) is 9.88 Å². The molecule has 1 amide bonds. The van der Waals surface area contributed by atoms with E-state index in [1.165, 1.54) is 4.90 Å². The molecule has 1 radical (unpaired) electrons. The minimum Gasteiger partial charge on any atom is -0.449 e. The third-order valence-electron chi connectivity index (χ3n) is 2.19. The second kappa shape index (κ2) is 7.66. The molecule has 0 aliphatic heterocycles. The van der Waals surface area contributed by atoms with Gasteiger partial charge in [-0.15, -0.1) is 0 Å². The Morgan fingerprint density at radius 3 is 2.89 bits per heavy atom. The standard InChI is InChI=1S/C13H19N2O3/c1-11(2)10-18-13(16)15(7-8-17-3)12-5-4-6-14-9-12/h4-5,9,11H,7-8,10H2,1-3H3. The zero-order chi connectivity index (χ0) is 13.4. The zero-order valence-corrected chi connectivity index (χ0v) is 11.0. The molecule has 0 unspecified atom stereocenters. The maximum atomic E-state index is 12.0. The van der Waals surface area contributed by atoms with E-state index in [0.717, 1.165) is 0 Å². The molecule has 0 saturated carbocycles. The number of nitrogens with zero attached hydrogens (tertiary/aromatic N) is 2. The predicted molar refractivity (Wildman–Crippen MR) is 68.5 cm³/mol. The monoisotopic (exact) mass is 251 g/mol. The van der Waals surface area contributed by atoms with E-state index in [9.17, 15) is 4.79 Å². The Bertz CT molecular complexity index is 355. The van der Waals surface area contributed by atoms with Crippen molar-refractivity contribution in [2.24, 2.45) is 5.92 Å². The van der Waals surface area contributed by atoms with Crippen LogP contribution in [-0.4, -0.2) is 37.9 Å². The summed E-state index contributed by atoms with van der Waals surface area (Å²) in [6.45, 7) is 5.25. The highest BCUT2D eigenvalue weighted by molar-refractivity contribution is 5.87. The van der Waals surface area contributed by atoms with Gasteiger partial charge < -0.3 is 9.47 Å². The fraction of sp³-hybridized carbons (Fsp3) is 0.538. The van der Waals surface area contributed by atoms with Crippen molar-refractivity contribution in [3.05, 3.63) is 24.5 Å². The molecule has 0 N–H and O–H groups in total. The van der Waals surface area contributed by atoms with Crippen molar-refractivity contribution < 1.29 is 14.3 Å². The quantitative estimate of drug-likeness (QED) is 0.777. The Labute approximate surface area is 108 Å². The van der Waals surface area contributed by atoms with Crippen LogP contribution in [0, 0.1) is 12.1 Å². The molecule has 5 nitrogen and oxygen atoms in total. The lowest BCUT2D eigenvalue weighted by Crippen LogP contribution is -2.35. The molecule has 0 atom stereocenters. The van der Waals surface area contributed by atoms with Gasteiger partial charge in [-0.05, 0) is 18.1 Å². The van der Waals surface area contributed by atoms with Crippen molar-refractivity contribution in [3.8, 4) is 0 Å². The van der Waals surface area contributed by atoms with Crippen molar-refractivity contribution in [1.29, 1.82) is 0 Å². The fourth-order valence-corrected chi connectivity index (χ4v) is 1.30. The fourth-order valence-electron chi connectivity index (χ4n) is 1.30. The van der Waals surface area contributed by atoms with E-state index in [-0.39, 0.29) is 6.09 Å². The number of aromatic nitrogens is 1. The Kier molecular flexibility index (Phi) is 6.14. The van der Waals surface area contributed by atoms with Gasteiger partial charge in [-0.25, -0.2) is 4.79 Å². The molecule has 1 aromatic heterocycles. The van der Waals surface area contributed by atoms with E-state index in [0.29, 0.717) is 31.4 Å². The third kappa shape index (κ3) is 4.71. The Balaban J connectivity index is 2.69. The van der Waals surface area contributed by atoms with Crippen LogP contribution in [0.25, 0.3) is 0 Å². The van der Waals surface area contributed by atoms with Crippen LogP contribution in [-0.2, 0) is 9.47 Å². The highest BCUT2D eigenvalue weighted by Crippen LogP contribution is 2.13. The highest BCUT2D eigenvalue weighted by atomic mass is 16.6. The third-order valence-corrected chi connectivity index (χ3v) is 2.19. The van der Waals surface area contributed by atoms with E-state index in [4.69, 9.17) is 9.47 Å². The van der Waals surface area contributed by atoms with E-state index in [2.05, 4.69) is 11.2 Å². The average Bonchev–Trinajstić information content (AvgIpc) is 2.38. The molecule has 0 bridgehead atoms. The molecule has 5 heteroatoms. The molecule has 1 heterocycles. The molecule has 0 aliphatic rings. The van der Waals surface area contributed by atoms with Crippen molar-refractivity contribution >= 4 is 11.8 Å². The van der Waals surface area contributed by atoms with Gasteiger partial charge in [0.15, 0.2) is 0 Å². The summed E-state index contributed by atoms with van der Waals surface area (Å²) in [6.07, 6.45) is 3.87. The predicted octanol–water partition coefficient (Wildman–Crippen LogP) is 2.13. The first-order valence-corrected chi connectivity index (χ1v) is 5.90. The number of anilines is 1. The van der Waals surface area contributed by atoms with Gasteiger partial charge in [0.25, 0.3) is 0 Å². The number of methoxy groups -OCH3 is 1. The van der Waals surface area contributed by atoms with Crippen LogP contribution < -0.4 is 4.90 Å². The molecule has 0 aliphatic carbocycles. The van der Waals surface area contributed by atoms with Gasteiger partial charge in [-0.1, -0.05) is 13.8 Å². The summed E-state index contributed by atoms with van der Waals surface area (Å²) in [6, 6.07) is 3.42. The summed E-state index contributed by atoms with van der Waals surface area (Å²) >= 11 is 0. The average molecular weight is 251 g/mol. The maximum Gasteiger partial charge on any atom is 0.414 e. The van der Waals surface area contributed by atoms with Gasteiger partial charge >= 0.3 is 6.09 Å². The summed E-state index contributed by atoms with van der Waals surface area (Å²) < 4.78 is 10.2. The van der Waals surface area contributed by atoms with Crippen LogP contribution in [0.3, 0.4) is 0 Å². The summed E-state index contributed by atoms with van der Waals surface area (Å²) in [5, 5.41) is 0. The molecule has 0 fully saturated rings. The first kappa shape index (κ1) is 14.4. The highest BCUT2D eigenvalue weighted by Gasteiger charge is 2.17. The van der Waals surface area contributed by atoms with E-state index in [1.807, 2.05) is 13.8 Å². The second-order valence-electron chi connectivity index (χ2n) is 4.26. The number of ether oxygens (including phenoxy) is 2. The number of rotatable bonds is 6. The van der Waals surface area contributed by atoms with Gasteiger partial charge in [-0.2, -0.15) is 0 Å². The number of amides is 1. The molecule has 18 heavy (non-hydrogen) atoms. The van der Waals surface area contributed by atoms with Crippen LogP contribution >= 0.6 is 0 Å². The Hall–Kier alpha value is -1.62. The number of pyridine rings is 1. The lowest BCUT2D eigenvalue weighted by atomic mass is 10.2. The molecule has 99 valence electrons. The molecule has 1 rings (SSSR count). The van der Waals surface area contributed by atoms with E-state index < -0.39 is 0 Å². The summed E-state index contributed by atoms with van der Waals surface area (Å²) in [5.74, 6) is 0.306. The minimum absolute atomic E-state index is 0.306. The number of hydrogen-bond donors (Lipinski definition) is 0. The van der Waals surface area contributed by atoms with Gasteiger partial charge in [0.05, 0.1) is 37.8 Å². The Morgan fingerprint density at radius 1 is 1.56 bits per heavy atom. The molecule has 0 saturated heterocycles. The SMILES string of the molecule is COCCN(C(=O)OCC(C)C)c1cc[c]nc1. The van der Waals surface area contributed by atoms with Gasteiger partial charge in [0.1, 0.15) is 0 Å². The summed E-state index contributed by atoms with van der Waals surface area (Å²) in [7, 11) is 1.59. The van der Waals surface area contributed by atoms with Crippen molar-refractivity contribution in [1.82, 2.24) is 4.98 Å². The van der Waals surface area contributed by atoms with E-state index >= 15 is 0 Å². The van der Waals surface area contributed by atoms with Crippen LogP contribution in [0.15, 0.2) is 18.3 Å². The topological polar surface area (TPSA) is 51.7 Å². The molecular formula is C13H19N2O3. The number of carbonyl (C=O) groups excluding carboxylic acids is 1. The van der Waals surface area contributed by atoms with Gasteiger partial charge in [0, 0.05) is 7.11 Å². The van der Waals surface area contributed by atoms with Gasteiger partial charge in [0.2, 0.25) is 0 Å². The molecule has 0 aromatic carbocycles. The first-order chi connectivity index (χ1) is 8.65.